The molecule has 1 fully saturated rings. The minimum Gasteiger partial charge on any atom is -0.391 e. The number of carbonyl (C=O) groups excluding carboxylic acids is 1. The number of carbonyl (C=O) groups is 1. The number of H-pyrrole nitrogens is 1. The van der Waals surface area contributed by atoms with E-state index in [-0.39, 0.29) is 17.5 Å². The lowest BCUT2D eigenvalue weighted by molar-refractivity contribution is -0.130. The van der Waals surface area contributed by atoms with Crippen LogP contribution in [0.5, 0.6) is 0 Å². The summed E-state index contributed by atoms with van der Waals surface area (Å²) in [5, 5.41) is 14.1. The molecule has 0 aromatic carbocycles. The fourth-order valence-electron chi connectivity index (χ4n) is 3.54. The van der Waals surface area contributed by atoms with E-state index < -0.39 is 6.10 Å². The average Bonchev–Trinajstić information content (AvgIpc) is 3.12. The van der Waals surface area contributed by atoms with Crippen LogP contribution < -0.4 is 5.69 Å². The fraction of sp³-hybridized carbons (Fsp3) is 0.556. The van der Waals surface area contributed by atoms with Gasteiger partial charge in [0.1, 0.15) is 5.76 Å². The van der Waals surface area contributed by atoms with Gasteiger partial charge in [-0.05, 0) is 32.8 Å². The van der Waals surface area contributed by atoms with Crippen molar-refractivity contribution in [2.24, 2.45) is 5.92 Å². The Bertz CT molecular complexity index is 831. The first-order valence-corrected chi connectivity index (χ1v) is 8.78. The van der Waals surface area contributed by atoms with Crippen molar-refractivity contribution in [3.8, 4) is 0 Å². The Morgan fingerprint density at radius 3 is 2.81 bits per heavy atom. The van der Waals surface area contributed by atoms with E-state index in [0.717, 1.165) is 22.7 Å². The van der Waals surface area contributed by atoms with Crippen LogP contribution in [-0.4, -0.2) is 50.2 Å². The zero-order valence-electron chi connectivity index (χ0n) is 15.3. The SMILES string of the molecule is Cc1cc(C[C@@H]2CN(C(=O)CCc3c(C)nc(=O)[nH]c3C)C[C@H]2O)on1. The zero-order chi connectivity index (χ0) is 18.8. The largest absolute Gasteiger partial charge is 0.391 e. The molecular formula is C18H24N4O4. The van der Waals surface area contributed by atoms with Crippen molar-refractivity contribution in [1.82, 2.24) is 20.0 Å². The fourth-order valence-corrected chi connectivity index (χ4v) is 3.54. The molecule has 0 saturated carbocycles. The predicted octanol–water partition coefficient (Wildman–Crippen LogP) is 0.678. The quantitative estimate of drug-likeness (QED) is 0.811. The van der Waals surface area contributed by atoms with Gasteiger partial charge in [-0.25, -0.2) is 4.79 Å². The number of amides is 1. The van der Waals surface area contributed by atoms with E-state index in [4.69, 9.17) is 4.52 Å². The third kappa shape index (κ3) is 4.01. The van der Waals surface area contributed by atoms with Crippen LogP contribution in [0.25, 0.3) is 0 Å². The van der Waals surface area contributed by atoms with Crippen LogP contribution in [0.15, 0.2) is 15.4 Å². The van der Waals surface area contributed by atoms with Crippen LogP contribution in [0.3, 0.4) is 0 Å². The minimum atomic E-state index is -0.567. The monoisotopic (exact) mass is 360 g/mol. The normalized spacial score (nSPS) is 19.9. The topological polar surface area (TPSA) is 112 Å². The molecule has 8 nitrogen and oxygen atoms in total. The van der Waals surface area contributed by atoms with Gasteiger partial charge in [-0.15, -0.1) is 0 Å². The summed E-state index contributed by atoms with van der Waals surface area (Å²) < 4.78 is 5.21. The summed E-state index contributed by atoms with van der Waals surface area (Å²) in [6.45, 7) is 6.27. The van der Waals surface area contributed by atoms with Crippen molar-refractivity contribution in [2.75, 3.05) is 13.1 Å². The molecule has 3 heterocycles. The molecule has 2 aromatic heterocycles. The van der Waals surface area contributed by atoms with Gasteiger partial charge in [-0.3, -0.25) is 4.79 Å². The van der Waals surface area contributed by atoms with Crippen molar-refractivity contribution < 1.29 is 14.4 Å². The highest BCUT2D eigenvalue weighted by molar-refractivity contribution is 5.77. The summed E-state index contributed by atoms with van der Waals surface area (Å²) in [6, 6.07) is 1.85. The summed E-state index contributed by atoms with van der Waals surface area (Å²) in [6.07, 6.45) is 0.825. The molecule has 26 heavy (non-hydrogen) atoms. The van der Waals surface area contributed by atoms with Crippen LogP contribution in [-0.2, 0) is 17.6 Å². The number of aromatic amines is 1. The maximum Gasteiger partial charge on any atom is 0.345 e. The molecule has 1 aliphatic rings. The number of nitrogens with zero attached hydrogens (tertiary/aromatic N) is 3. The summed E-state index contributed by atoms with van der Waals surface area (Å²) in [5.74, 6) is 0.668. The van der Waals surface area contributed by atoms with Gasteiger partial charge in [0, 0.05) is 49.3 Å². The molecule has 1 saturated heterocycles. The number of aromatic nitrogens is 3. The average molecular weight is 360 g/mol. The molecular weight excluding hydrogens is 336 g/mol. The summed E-state index contributed by atoms with van der Waals surface area (Å²) in [4.78, 5) is 32.2. The van der Waals surface area contributed by atoms with E-state index in [0.29, 0.717) is 38.0 Å². The highest BCUT2D eigenvalue weighted by Gasteiger charge is 2.34. The lowest BCUT2D eigenvalue weighted by Gasteiger charge is -2.16. The first-order valence-electron chi connectivity index (χ1n) is 8.78. The van der Waals surface area contributed by atoms with Crippen LogP contribution in [0.2, 0.25) is 0 Å². The molecule has 0 unspecified atom stereocenters. The molecule has 2 aromatic rings. The first kappa shape index (κ1) is 18.3. The molecule has 0 bridgehead atoms. The molecule has 0 radical (unpaired) electrons. The molecule has 2 N–H and O–H groups in total. The number of hydrogen-bond donors (Lipinski definition) is 2. The first-order chi connectivity index (χ1) is 12.3. The minimum absolute atomic E-state index is 0.00898. The van der Waals surface area contributed by atoms with Crippen LogP contribution in [0, 0.1) is 26.7 Å². The molecule has 2 atom stereocenters. The second kappa shape index (κ2) is 7.41. The number of aliphatic hydroxyl groups excluding tert-OH is 1. The number of aliphatic hydroxyl groups is 1. The highest BCUT2D eigenvalue weighted by atomic mass is 16.5. The van der Waals surface area contributed by atoms with E-state index in [1.165, 1.54) is 0 Å². The smallest absolute Gasteiger partial charge is 0.345 e. The van der Waals surface area contributed by atoms with Crippen molar-refractivity contribution in [2.45, 2.75) is 46.1 Å². The summed E-state index contributed by atoms with van der Waals surface area (Å²) in [5.41, 5.74) is 2.73. The highest BCUT2D eigenvalue weighted by Crippen LogP contribution is 2.23. The van der Waals surface area contributed by atoms with Crippen LogP contribution >= 0.6 is 0 Å². The Balaban J connectivity index is 1.58. The van der Waals surface area contributed by atoms with Gasteiger partial charge in [0.2, 0.25) is 5.91 Å². The van der Waals surface area contributed by atoms with Crippen molar-refractivity contribution >= 4 is 5.91 Å². The molecule has 140 valence electrons. The standard InChI is InChI=1S/C18H24N4O4/c1-10-6-14(26-21-10)7-13-8-22(9-16(13)23)17(24)5-4-15-11(2)19-18(25)20-12(15)3/h6,13,16,23H,4-5,7-9H2,1-3H3,(H,19,20,25)/t13-,16-/m1/s1. The number of likely N-dealkylation sites (tertiary alicyclic amines) is 1. The van der Waals surface area contributed by atoms with E-state index in [9.17, 15) is 14.7 Å². The third-order valence-electron chi connectivity index (χ3n) is 4.94. The lowest BCUT2D eigenvalue weighted by atomic mass is 10.0. The number of hydrogen-bond acceptors (Lipinski definition) is 6. The summed E-state index contributed by atoms with van der Waals surface area (Å²) in [7, 11) is 0. The Labute approximate surface area is 151 Å². The number of aryl methyl sites for hydroxylation is 3. The van der Waals surface area contributed by atoms with Gasteiger partial charge in [-0.2, -0.15) is 4.98 Å². The zero-order valence-corrected chi connectivity index (χ0v) is 15.3. The van der Waals surface area contributed by atoms with Gasteiger partial charge in [-0.1, -0.05) is 5.16 Å². The Morgan fingerprint density at radius 1 is 1.38 bits per heavy atom. The van der Waals surface area contributed by atoms with Gasteiger partial charge in [0.05, 0.1) is 11.8 Å². The molecule has 8 heteroatoms. The predicted molar refractivity (Wildman–Crippen MR) is 93.7 cm³/mol. The summed E-state index contributed by atoms with van der Waals surface area (Å²) >= 11 is 0. The van der Waals surface area contributed by atoms with E-state index in [2.05, 4.69) is 15.1 Å². The number of rotatable bonds is 5. The molecule has 0 aliphatic carbocycles. The lowest BCUT2D eigenvalue weighted by Crippen LogP contribution is -2.30. The van der Waals surface area contributed by atoms with Crippen molar-refractivity contribution in [3.05, 3.63) is 45.0 Å². The Hall–Kier alpha value is -2.48. The third-order valence-corrected chi connectivity index (χ3v) is 4.94. The van der Waals surface area contributed by atoms with Crippen molar-refractivity contribution in [3.63, 3.8) is 0 Å². The van der Waals surface area contributed by atoms with E-state index in [1.54, 1.807) is 11.8 Å². The maximum atomic E-state index is 12.5. The molecule has 0 spiro atoms. The van der Waals surface area contributed by atoms with Gasteiger partial charge in [0.25, 0.3) is 0 Å². The van der Waals surface area contributed by atoms with Gasteiger partial charge >= 0.3 is 5.69 Å². The van der Waals surface area contributed by atoms with Crippen molar-refractivity contribution in [1.29, 1.82) is 0 Å². The van der Waals surface area contributed by atoms with Crippen LogP contribution in [0.4, 0.5) is 0 Å². The molecule has 1 amide bonds. The number of β-amino-alcohol motifs (C(OH)–C–C–N with tert-alkyl or cyclic N) is 1. The Kier molecular flexibility index (Phi) is 5.22. The number of nitrogens with one attached hydrogen (secondary N) is 1. The maximum absolute atomic E-state index is 12.5. The van der Waals surface area contributed by atoms with Gasteiger partial charge < -0.3 is 19.5 Å². The van der Waals surface area contributed by atoms with E-state index in [1.807, 2.05) is 19.9 Å². The second-order valence-electron chi connectivity index (χ2n) is 7.00. The molecule has 1 aliphatic heterocycles. The Morgan fingerprint density at radius 2 is 2.15 bits per heavy atom. The van der Waals surface area contributed by atoms with Gasteiger partial charge in [0.15, 0.2) is 0 Å². The molecule has 3 rings (SSSR count). The van der Waals surface area contributed by atoms with Crippen LogP contribution in [0.1, 0.15) is 34.8 Å². The second-order valence-corrected chi connectivity index (χ2v) is 7.00. The van der Waals surface area contributed by atoms with E-state index >= 15 is 0 Å².